The van der Waals surface area contributed by atoms with Crippen LogP contribution in [-0.2, 0) is 0 Å². The first-order valence-electron chi connectivity index (χ1n) is 11.8. The van der Waals surface area contributed by atoms with Gasteiger partial charge in [0, 0.05) is 22.6 Å². The highest BCUT2D eigenvalue weighted by Gasteiger charge is 2.27. The fourth-order valence-electron chi connectivity index (χ4n) is 3.67. The number of hydrogen-bond acceptors (Lipinski definition) is 6. The van der Waals surface area contributed by atoms with Gasteiger partial charge in [-0.25, -0.2) is 14.6 Å². The summed E-state index contributed by atoms with van der Waals surface area (Å²) in [5, 5.41) is 17.0. The Hall–Kier alpha value is -2.90. The zero-order valence-electron chi connectivity index (χ0n) is 20.3. The summed E-state index contributed by atoms with van der Waals surface area (Å²) in [5.41, 5.74) is 2.33. The van der Waals surface area contributed by atoms with Crippen LogP contribution in [0.25, 0.3) is 10.9 Å². The van der Waals surface area contributed by atoms with Crippen LogP contribution in [0.15, 0.2) is 48.9 Å². The summed E-state index contributed by atoms with van der Waals surface area (Å²) in [6, 6.07) is 9.78. The molecule has 0 saturated heterocycles. The van der Waals surface area contributed by atoms with Gasteiger partial charge in [0.15, 0.2) is 0 Å². The number of aromatic nitrogens is 5. The third-order valence-electron chi connectivity index (χ3n) is 5.58. The van der Waals surface area contributed by atoms with Crippen molar-refractivity contribution in [2.45, 2.75) is 45.7 Å². The van der Waals surface area contributed by atoms with E-state index in [1.165, 1.54) is 6.33 Å². The monoisotopic (exact) mass is 496 g/mol. The van der Waals surface area contributed by atoms with Crippen molar-refractivity contribution in [2.24, 2.45) is 5.41 Å². The maximum Gasteiger partial charge on any atom is 0.137 e. The molecule has 0 amide bonds. The van der Waals surface area contributed by atoms with E-state index in [0.717, 1.165) is 24.8 Å². The SMILES string of the molecule is [2H]C(Nc1cc(Cl)c2ncnc(NCC(C)(C)C)c2c1)(c1cn(C2CC2)nn1)c1ccccc1Cl. The van der Waals surface area contributed by atoms with E-state index in [1.54, 1.807) is 12.1 Å². The van der Waals surface area contributed by atoms with E-state index in [2.05, 4.69) is 51.7 Å². The Balaban J connectivity index is 1.59. The number of nitrogens with one attached hydrogen (secondary N) is 2. The van der Waals surface area contributed by atoms with Crippen LogP contribution in [0.4, 0.5) is 11.5 Å². The first-order valence-corrected chi connectivity index (χ1v) is 12.0. The third-order valence-corrected chi connectivity index (χ3v) is 6.20. The maximum atomic E-state index is 9.55. The molecule has 0 bridgehead atoms. The topological polar surface area (TPSA) is 80.5 Å². The van der Waals surface area contributed by atoms with E-state index in [4.69, 9.17) is 23.2 Å². The van der Waals surface area contributed by atoms with E-state index >= 15 is 0 Å². The van der Waals surface area contributed by atoms with Crippen LogP contribution in [0, 0.1) is 5.41 Å². The van der Waals surface area contributed by atoms with Gasteiger partial charge in [0.05, 0.1) is 30.2 Å². The molecular formula is C25H27Cl2N7. The lowest BCUT2D eigenvalue weighted by atomic mass is 9.97. The van der Waals surface area contributed by atoms with E-state index < -0.39 is 6.02 Å². The average Bonchev–Trinajstić information content (AvgIpc) is 3.53. The van der Waals surface area contributed by atoms with Gasteiger partial charge in [-0.1, -0.05) is 67.4 Å². The standard InChI is InChI=1S/C25H27Cl2N7/c1-25(2,3)13-28-24-18-10-15(11-20(27)22(18)29-14-30-24)31-23(17-6-4-5-7-19(17)26)21-12-34(33-32-21)16-8-9-16/h4-7,10-12,14,16,23,31H,8-9,13H2,1-3H3,(H,28,29,30)/i23D. The van der Waals surface area contributed by atoms with Gasteiger partial charge in [0.1, 0.15) is 17.8 Å². The van der Waals surface area contributed by atoms with Gasteiger partial charge in [-0.05, 0) is 42.0 Å². The summed E-state index contributed by atoms with van der Waals surface area (Å²) in [6.07, 6.45) is 5.46. The third kappa shape index (κ3) is 4.95. The first-order chi connectivity index (χ1) is 16.6. The lowest BCUT2D eigenvalue weighted by molar-refractivity contribution is 0.442. The van der Waals surface area contributed by atoms with Crippen LogP contribution in [0.1, 0.15) is 58.3 Å². The molecule has 0 spiro atoms. The number of nitrogens with zero attached hydrogens (tertiary/aromatic N) is 5. The zero-order valence-corrected chi connectivity index (χ0v) is 20.8. The highest BCUT2D eigenvalue weighted by atomic mass is 35.5. The predicted molar refractivity (Wildman–Crippen MR) is 138 cm³/mol. The number of hydrogen-bond donors (Lipinski definition) is 2. The van der Waals surface area contributed by atoms with Gasteiger partial charge >= 0.3 is 0 Å². The molecule has 1 unspecified atom stereocenters. The van der Waals surface area contributed by atoms with Crippen LogP contribution in [-0.4, -0.2) is 31.5 Å². The fraction of sp³-hybridized carbons (Fsp3) is 0.360. The van der Waals surface area contributed by atoms with Gasteiger partial charge in [0.25, 0.3) is 0 Å². The Morgan fingerprint density at radius 1 is 1.15 bits per heavy atom. The molecule has 1 atom stereocenters. The Labute approximate surface area is 210 Å². The summed E-state index contributed by atoms with van der Waals surface area (Å²) in [4.78, 5) is 8.83. The number of halogens is 2. The molecule has 5 rings (SSSR count). The highest BCUT2D eigenvalue weighted by molar-refractivity contribution is 6.35. The van der Waals surface area contributed by atoms with Gasteiger partial charge in [-0.2, -0.15) is 0 Å². The average molecular weight is 497 g/mol. The Kier molecular flexibility index (Phi) is 5.75. The fourth-order valence-corrected chi connectivity index (χ4v) is 4.17. The summed E-state index contributed by atoms with van der Waals surface area (Å²) >= 11 is 13.2. The molecule has 2 aromatic carbocycles. The molecule has 2 N–H and O–H groups in total. The number of anilines is 2. The minimum atomic E-state index is -1.50. The first kappa shape index (κ1) is 21.6. The molecule has 0 radical (unpaired) electrons. The number of benzene rings is 2. The normalized spacial score (nSPS) is 16.2. The summed E-state index contributed by atoms with van der Waals surface area (Å²) in [6.45, 7) is 7.17. The smallest absolute Gasteiger partial charge is 0.137 e. The molecule has 1 aliphatic rings. The largest absolute Gasteiger partial charge is 0.373 e. The summed E-state index contributed by atoms with van der Waals surface area (Å²) in [7, 11) is 0. The number of rotatable bonds is 7. The molecule has 9 heteroatoms. The van der Waals surface area contributed by atoms with Gasteiger partial charge in [-0.3, -0.25) is 0 Å². The molecule has 1 aliphatic carbocycles. The molecular weight excluding hydrogens is 469 g/mol. The van der Waals surface area contributed by atoms with E-state index in [-0.39, 0.29) is 5.41 Å². The predicted octanol–water partition coefficient (Wildman–Crippen LogP) is 6.52. The van der Waals surface area contributed by atoms with Crippen molar-refractivity contribution in [1.82, 2.24) is 25.0 Å². The lowest BCUT2D eigenvalue weighted by Gasteiger charge is -2.21. The van der Waals surface area contributed by atoms with Crippen LogP contribution >= 0.6 is 23.2 Å². The van der Waals surface area contributed by atoms with Crippen molar-refractivity contribution in [2.75, 3.05) is 17.2 Å². The van der Waals surface area contributed by atoms with E-state index in [9.17, 15) is 1.37 Å². The molecule has 2 heterocycles. The second-order valence-corrected chi connectivity index (χ2v) is 10.6. The van der Waals surface area contributed by atoms with Crippen LogP contribution in [0.5, 0.6) is 0 Å². The molecule has 1 fully saturated rings. The quantitative estimate of drug-likeness (QED) is 0.303. The van der Waals surface area contributed by atoms with Crippen molar-refractivity contribution in [1.29, 1.82) is 0 Å². The molecule has 1 saturated carbocycles. The van der Waals surface area contributed by atoms with Crippen molar-refractivity contribution < 1.29 is 1.37 Å². The Morgan fingerprint density at radius 2 is 1.94 bits per heavy atom. The lowest BCUT2D eigenvalue weighted by Crippen LogP contribution is -2.19. The van der Waals surface area contributed by atoms with Crippen molar-refractivity contribution in [3.63, 3.8) is 0 Å². The molecule has 0 aliphatic heterocycles. The second-order valence-electron chi connectivity index (χ2n) is 9.79. The summed E-state index contributed by atoms with van der Waals surface area (Å²) in [5.74, 6) is 0.684. The Bertz CT molecular complexity index is 1380. The van der Waals surface area contributed by atoms with Gasteiger partial charge < -0.3 is 10.6 Å². The van der Waals surface area contributed by atoms with Crippen LogP contribution in [0.3, 0.4) is 0 Å². The second kappa shape index (κ2) is 9.04. The maximum absolute atomic E-state index is 9.55. The van der Waals surface area contributed by atoms with Crippen molar-refractivity contribution >= 4 is 45.6 Å². The highest BCUT2D eigenvalue weighted by Crippen LogP contribution is 2.37. The van der Waals surface area contributed by atoms with Crippen LogP contribution in [0.2, 0.25) is 10.0 Å². The minimum Gasteiger partial charge on any atom is -0.373 e. The van der Waals surface area contributed by atoms with Crippen LogP contribution < -0.4 is 10.6 Å². The summed E-state index contributed by atoms with van der Waals surface area (Å²) < 4.78 is 11.4. The van der Waals surface area contributed by atoms with E-state index in [1.807, 2.05) is 35.1 Å². The zero-order chi connectivity index (χ0) is 24.8. The molecule has 34 heavy (non-hydrogen) atoms. The molecule has 4 aromatic rings. The van der Waals surface area contributed by atoms with E-state index in [0.29, 0.717) is 44.4 Å². The minimum absolute atomic E-state index is 0.0602. The molecule has 7 nitrogen and oxygen atoms in total. The van der Waals surface area contributed by atoms with Crippen molar-refractivity contribution in [3.8, 4) is 0 Å². The molecule has 2 aromatic heterocycles. The van der Waals surface area contributed by atoms with Gasteiger partial charge in [-0.15, -0.1) is 5.10 Å². The Morgan fingerprint density at radius 3 is 2.68 bits per heavy atom. The number of fused-ring (bicyclic) bond motifs is 1. The van der Waals surface area contributed by atoms with Crippen molar-refractivity contribution in [3.05, 3.63) is 70.2 Å². The van der Waals surface area contributed by atoms with Gasteiger partial charge in [0.2, 0.25) is 0 Å². The molecule has 176 valence electrons.